The summed E-state index contributed by atoms with van der Waals surface area (Å²) in [7, 11) is 1.65. The lowest BCUT2D eigenvalue weighted by Gasteiger charge is -2.23. The predicted octanol–water partition coefficient (Wildman–Crippen LogP) is 2.33. The number of aliphatic imine (C=N–C) groups is 1. The fourth-order valence-corrected chi connectivity index (χ4v) is 3.71. The molecule has 2 unspecified atom stereocenters. The molecule has 2 atom stereocenters. The van der Waals surface area contributed by atoms with E-state index in [9.17, 15) is 0 Å². The first-order chi connectivity index (χ1) is 11.1. The Morgan fingerprint density at radius 1 is 1.22 bits per heavy atom. The van der Waals surface area contributed by atoms with Crippen molar-refractivity contribution in [1.29, 1.82) is 0 Å². The second-order valence-electron chi connectivity index (χ2n) is 6.17. The molecule has 4 rings (SSSR count). The zero-order valence-electron chi connectivity index (χ0n) is 13.2. The van der Waals surface area contributed by atoms with Crippen molar-refractivity contribution in [3.05, 3.63) is 47.7 Å². The largest absolute Gasteiger partial charge is 0.481 e. The van der Waals surface area contributed by atoms with Crippen LogP contribution >= 0.6 is 0 Å². The van der Waals surface area contributed by atoms with E-state index in [1.807, 2.05) is 19.1 Å². The van der Waals surface area contributed by atoms with Gasteiger partial charge in [0.05, 0.1) is 7.11 Å². The molecule has 0 bridgehead atoms. The Bertz CT molecular complexity index is 803. The molecule has 1 spiro atoms. The summed E-state index contributed by atoms with van der Waals surface area (Å²) < 4.78 is 11.0. The van der Waals surface area contributed by atoms with Gasteiger partial charge in [-0.1, -0.05) is 18.2 Å². The fourth-order valence-electron chi connectivity index (χ4n) is 3.71. The Morgan fingerprint density at radius 2 is 2.04 bits per heavy atom. The van der Waals surface area contributed by atoms with Gasteiger partial charge in [0.15, 0.2) is 0 Å². The molecule has 118 valence electrons. The van der Waals surface area contributed by atoms with Gasteiger partial charge in [0, 0.05) is 24.6 Å². The van der Waals surface area contributed by atoms with Gasteiger partial charge in [-0.15, -0.1) is 0 Å². The predicted molar refractivity (Wildman–Crippen MR) is 88.5 cm³/mol. The lowest BCUT2D eigenvalue weighted by Crippen LogP contribution is -2.36. The van der Waals surface area contributed by atoms with Crippen LogP contribution in [0.3, 0.4) is 0 Å². The third-order valence-electron chi connectivity index (χ3n) is 4.89. The van der Waals surface area contributed by atoms with Gasteiger partial charge < -0.3 is 15.2 Å². The second-order valence-corrected chi connectivity index (χ2v) is 6.17. The van der Waals surface area contributed by atoms with Gasteiger partial charge in [-0.05, 0) is 35.7 Å². The van der Waals surface area contributed by atoms with Crippen molar-refractivity contribution < 1.29 is 9.47 Å². The highest BCUT2D eigenvalue weighted by Gasteiger charge is 2.48. The number of aromatic nitrogens is 1. The van der Waals surface area contributed by atoms with E-state index in [4.69, 9.17) is 15.2 Å². The number of fused-ring (bicyclic) bond motifs is 1. The number of amidine groups is 1. The Morgan fingerprint density at radius 3 is 2.78 bits per heavy atom. The van der Waals surface area contributed by atoms with Crippen molar-refractivity contribution in [1.82, 2.24) is 4.98 Å². The van der Waals surface area contributed by atoms with Crippen LogP contribution in [-0.2, 0) is 17.6 Å². The van der Waals surface area contributed by atoms with Crippen molar-refractivity contribution in [3.8, 4) is 17.0 Å². The fraction of sp³-hybridized carbons (Fsp3) is 0.333. The maximum atomic E-state index is 5.81. The molecule has 1 aromatic heterocycles. The van der Waals surface area contributed by atoms with Gasteiger partial charge in [0.1, 0.15) is 11.6 Å². The molecule has 23 heavy (non-hydrogen) atoms. The van der Waals surface area contributed by atoms with Gasteiger partial charge in [-0.2, -0.15) is 0 Å². The van der Waals surface area contributed by atoms with Gasteiger partial charge in [-0.3, -0.25) is 0 Å². The van der Waals surface area contributed by atoms with Crippen molar-refractivity contribution in [2.45, 2.75) is 31.4 Å². The molecule has 2 N–H and O–H groups in total. The summed E-state index contributed by atoms with van der Waals surface area (Å²) >= 11 is 0. The highest BCUT2D eigenvalue weighted by Crippen LogP contribution is 2.44. The highest BCUT2D eigenvalue weighted by molar-refractivity contribution is 5.77. The summed E-state index contributed by atoms with van der Waals surface area (Å²) in [5.41, 5.74) is 10.3. The third kappa shape index (κ3) is 2.07. The monoisotopic (exact) mass is 309 g/mol. The van der Waals surface area contributed by atoms with Gasteiger partial charge in [0.25, 0.3) is 6.02 Å². The number of methoxy groups -OCH3 is 1. The van der Waals surface area contributed by atoms with Gasteiger partial charge in [0.2, 0.25) is 5.88 Å². The van der Waals surface area contributed by atoms with E-state index in [1.165, 1.54) is 11.1 Å². The van der Waals surface area contributed by atoms with Gasteiger partial charge >= 0.3 is 0 Å². The van der Waals surface area contributed by atoms with Crippen molar-refractivity contribution in [2.24, 2.45) is 10.7 Å². The molecule has 1 aliphatic carbocycles. The van der Waals surface area contributed by atoms with E-state index in [2.05, 4.69) is 28.2 Å². The number of nitrogens with zero attached hydrogens (tertiary/aromatic N) is 2. The second kappa shape index (κ2) is 4.98. The van der Waals surface area contributed by atoms with E-state index in [0.717, 1.165) is 24.0 Å². The van der Waals surface area contributed by atoms with Crippen LogP contribution in [0.2, 0.25) is 0 Å². The van der Waals surface area contributed by atoms with E-state index in [1.54, 1.807) is 13.3 Å². The van der Waals surface area contributed by atoms with Crippen LogP contribution in [0, 0.1) is 0 Å². The molecular formula is C18H19N3O2. The standard InChI is InChI=1S/C18H19N3O2/c1-11-18(21-17(19)23-11)9-12-5-3-6-13(15(12)10-18)14-7-4-8-20-16(14)22-2/h3-8,11H,9-10H2,1-2H3,(H2,19,21). The van der Waals surface area contributed by atoms with E-state index >= 15 is 0 Å². The van der Waals surface area contributed by atoms with Crippen LogP contribution in [0.5, 0.6) is 5.88 Å². The highest BCUT2D eigenvalue weighted by atomic mass is 16.5. The zero-order chi connectivity index (χ0) is 16.0. The summed E-state index contributed by atoms with van der Waals surface area (Å²) in [6, 6.07) is 10.6. The normalized spacial score (nSPS) is 25.1. The molecule has 1 aromatic carbocycles. The van der Waals surface area contributed by atoms with E-state index < -0.39 is 0 Å². The first kappa shape index (κ1) is 14.1. The number of benzene rings is 1. The molecule has 0 radical (unpaired) electrons. The molecule has 5 heteroatoms. The summed E-state index contributed by atoms with van der Waals surface area (Å²) in [6.45, 7) is 2.04. The number of nitrogens with two attached hydrogens (primary N) is 1. The number of rotatable bonds is 2. The summed E-state index contributed by atoms with van der Waals surface area (Å²) in [5.74, 6) is 0.639. The van der Waals surface area contributed by atoms with Crippen LogP contribution < -0.4 is 10.5 Å². The molecule has 0 saturated carbocycles. The average Bonchev–Trinajstić information content (AvgIpc) is 3.06. The molecule has 2 aliphatic rings. The Labute approximate surface area is 135 Å². The first-order valence-electron chi connectivity index (χ1n) is 7.75. The molecule has 0 saturated heterocycles. The van der Waals surface area contributed by atoms with Crippen LogP contribution in [0.25, 0.3) is 11.1 Å². The summed E-state index contributed by atoms with van der Waals surface area (Å²) in [6.07, 6.45) is 3.39. The maximum Gasteiger partial charge on any atom is 0.282 e. The Kier molecular flexibility index (Phi) is 3.04. The lowest BCUT2D eigenvalue weighted by molar-refractivity contribution is 0.157. The minimum atomic E-state index is -0.280. The molecular weight excluding hydrogens is 290 g/mol. The minimum Gasteiger partial charge on any atom is -0.481 e. The summed E-state index contributed by atoms with van der Waals surface area (Å²) in [5, 5.41) is 0. The van der Waals surface area contributed by atoms with Crippen LogP contribution in [-0.4, -0.2) is 29.8 Å². The van der Waals surface area contributed by atoms with E-state index in [-0.39, 0.29) is 11.6 Å². The Hall–Kier alpha value is -2.56. The zero-order valence-corrected chi connectivity index (χ0v) is 13.2. The SMILES string of the molecule is COc1ncccc1-c1cccc2c1CC1(C2)N=C(N)OC1C. The first-order valence-corrected chi connectivity index (χ1v) is 7.75. The van der Waals surface area contributed by atoms with Crippen LogP contribution in [0.4, 0.5) is 0 Å². The third-order valence-corrected chi connectivity index (χ3v) is 4.89. The average molecular weight is 309 g/mol. The minimum absolute atomic E-state index is 0.0152. The molecule has 5 nitrogen and oxygen atoms in total. The maximum absolute atomic E-state index is 5.81. The van der Waals surface area contributed by atoms with Gasteiger partial charge in [-0.25, -0.2) is 9.98 Å². The molecule has 1 aliphatic heterocycles. The smallest absolute Gasteiger partial charge is 0.282 e. The van der Waals surface area contributed by atoms with Crippen molar-refractivity contribution in [2.75, 3.05) is 7.11 Å². The number of hydrogen-bond acceptors (Lipinski definition) is 5. The summed E-state index contributed by atoms with van der Waals surface area (Å²) in [4.78, 5) is 8.94. The van der Waals surface area contributed by atoms with E-state index in [0.29, 0.717) is 11.9 Å². The number of hydrogen-bond donors (Lipinski definition) is 1. The molecule has 2 aromatic rings. The van der Waals surface area contributed by atoms with Crippen LogP contribution in [0.15, 0.2) is 41.5 Å². The van der Waals surface area contributed by atoms with Crippen molar-refractivity contribution in [3.63, 3.8) is 0 Å². The Balaban J connectivity index is 1.83. The number of ether oxygens (including phenoxy) is 2. The quantitative estimate of drug-likeness (QED) is 0.924. The van der Waals surface area contributed by atoms with Crippen molar-refractivity contribution >= 4 is 6.02 Å². The molecule has 2 heterocycles. The van der Waals surface area contributed by atoms with Crippen LogP contribution in [0.1, 0.15) is 18.1 Å². The topological polar surface area (TPSA) is 69.7 Å². The molecule has 0 amide bonds. The lowest BCUT2D eigenvalue weighted by atomic mass is 9.90. The molecule has 0 fully saturated rings. The number of pyridine rings is 1.